The van der Waals surface area contributed by atoms with Crippen LogP contribution < -0.4 is 60.8 Å². The van der Waals surface area contributed by atoms with Crippen LogP contribution in [0.15, 0.2) is 48.5 Å². The van der Waals surface area contributed by atoms with Crippen LogP contribution in [0.25, 0.3) is 0 Å². The lowest BCUT2D eigenvalue weighted by atomic mass is 9.79. The highest BCUT2D eigenvalue weighted by Gasteiger charge is 2.47. The molecule has 0 amide bonds. The van der Waals surface area contributed by atoms with Gasteiger partial charge in [0.05, 0.1) is 65.0 Å². The fourth-order valence-electron chi connectivity index (χ4n) is 15.2. The minimum Gasteiger partial charge on any atom is -0.493 e. The first-order valence-corrected chi connectivity index (χ1v) is 39.9. The number of benzene rings is 4. The van der Waals surface area contributed by atoms with Crippen LogP contribution in [0.3, 0.4) is 0 Å². The summed E-state index contributed by atoms with van der Waals surface area (Å²) < 4.78 is 450. The van der Waals surface area contributed by atoms with Gasteiger partial charge in [0.2, 0.25) is 0 Å². The van der Waals surface area contributed by atoms with E-state index in [0.29, 0.717) is 11.1 Å². The fourth-order valence-corrected chi connectivity index (χ4v) is 15.2. The zero-order valence-electron chi connectivity index (χ0n) is 117. The van der Waals surface area contributed by atoms with E-state index in [9.17, 15) is 19.2 Å². The first-order chi connectivity index (χ1) is 74.6. The van der Waals surface area contributed by atoms with Crippen LogP contribution >= 0.6 is 0 Å². The Labute approximate surface area is 783 Å². The Morgan fingerprint density at radius 2 is 0.542 bits per heavy atom. The standard InChI is InChI=1S/4C24H38N2O4/c4*1-14(2)9-17-13-26-8-7-16-10-21(28-5)22(29-6)11-18(16)19(26)12-20(17)30-24(27)23(25)15(3)4/h4*10-11,14-15,17,19-20,23H,7-9,12-13,25H2,1-6H3/t4*17?,19?,20?,23-/m0000/s1/i2*1D3,5D3,7D2,8D2,9D2,14D;2*1D3,7D2,8D2,9D2,14D/t4*14?,17?,19?,20?,23-. The maximum atomic E-state index is 13.0. The number of aryl methyl sites for hydroxylation is 4. The molecule has 0 saturated carbocycles. The molecule has 0 aromatic heterocycles. The Bertz CT molecular complexity index is 5760. The molecule has 4 aromatic rings. The van der Waals surface area contributed by atoms with Crippen molar-refractivity contribution in [3.63, 3.8) is 0 Å². The highest BCUT2D eigenvalue weighted by atomic mass is 16.6. The number of carbonyl (C=O) groups is 4. The summed E-state index contributed by atoms with van der Waals surface area (Å²) in [4.78, 5) is 56.3. The number of carbonyl (C=O) groups excluding carboxylic acids is 4. The van der Waals surface area contributed by atoms with E-state index in [1.54, 1.807) is 55.4 Å². The number of hydrogen-bond donors (Lipinski definition) is 4. The van der Waals surface area contributed by atoms with Crippen LogP contribution in [0.5, 0.6) is 46.0 Å². The quantitative estimate of drug-likeness (QED) is 0.0303. The maximum Gasteiger partial charge on any atom is 0.323 e. The Morgan fingerprint density at radius 1 is 0.350 bits per heavy atom. The normalized spacial score (nSPS) is 37.0. The molecule has 20 atom stereocenters. The van der Waals surface area contributed by atoms with Gasteiger partial charge in [0.15, 0.2) is 46.0 Å². The minimum absolute atomic E-state index is 0.00496. The maximum absolute atomic E-state index is 13.0. The molecule has 24 nitrogen and oxygen atoms in total. The van der Waals surface area contributed by atoms with Crippen molar-refractivity contribution in [2.45, 2.75) is 260 Å². The van der Waals surface area contributed by atoms with Gasteiger partial charge in [-0.3, -0.25) is 38.8 Å². The van der Waals surface area contributed by atoms with Crippen molar-refractivity contribution in [1.29, 1.82) is 0 Å². The Kier molecular flexibility index (Phi) is 18.6. The second-order valence-electron chi connectivity index (χ2n) is 32.0. The van der Waals surface area contributed by atoms with Crippen LogP contribution in [0.2, 0.25) is 0 Å². The molecular formula is C96H152N8O16. The summed E-state index contributed by atoms with van der Waals surface area (Å²) in [7, 11) is 2.12. The molecule has 0 radical (unpaired) electrons. The monoisotopic (exact) mass is 1720 g/mol. The van der Waals surface area contributed by atoms with Gasteiger partial charge in [-0.05, 0) is 191 Å². The van der Waals surface area contributed by atoms with E-state index < -0.39 is 289 Å². The highest BCUT2D eigenvalue weighted by molar-refractivity contribution is 5.77. The largest absolute Gasteiger partial charge is 0.493 e. The molecule has 8 heterocycles. The third-order valence-electron chi connectivity index (χ3n) is 22.1. The number of methoxy groups -OCH3 is 8. The van der Waals surface area contributed by atoms with E-state index in [1.165, 1.54) is 79.1 Å². The van der Waals surface area contributed by atoms with Crippen molar-refractivity contribution in [2.75, 3.05) is 109 Å². The Balaban J connectivity index is 0.000000243. The summed E-state index contributed by atoms with van der Waals surface area (Å²) in [5.74, 6) is -21.9. The number of ether oxygens (including phenoxy) is 12. The smallest absolute Gasteiger partial charge is 0.323 e. The number of esters is 4. The Morgan fingerprint density at radius 3 is 0.717 bits per heavy atom. The van der Waals surface area contributed by atoms with Crippen LogP contribution in [0.4, 0.5) is 0 Å². The fraction of sp³-hybridized carbons (Fsp3) is 0.708. The van der Waals surface area contributed by atoms with Gasteiger partial charge in [-0.1, -0.05) is 110 Å². The molecule has 16 unspecified atom stereocenters. The van der Waals surface area contributed by atoms with Crippen molar-refractivity contribution in [1.82, 2.24) is 19.6 Å². The van der Waals surface area contributed by atoms with E-state index in [2.05, 4.69) is 0 Å². The van der Waals surface area contributed by atoms with E-state index in [0.717, 1.165) is 59.4 Å². The van der Waals surface area contributed by atoms with Crippen LogP contribution in [0.1, 0.15) is 293 Å². The minimum atomic E-state index is -3.13. The van der Waals surface area contributed by atoms with Gasteiger partial charge in [-0.25, -0.2) is 0 Å². The van der Waals surface area contributed by atoms with Crippen LogP contribution in [0, 0.1) is 70.9 Å². The lowest BCUT2D eigenvalue weighted by Gasteiger charge is -2.47. The zero-order chi connectivity index (χ0) is 128. The van der Waals surface area contributed by atoms with Gasteiger partial charge in [0, 0.05) is 181 Å². The second-order valence-corrected chi connectivity index (χ2v) is 32.0. The first kappa shape index (κ1) is 50.7. The summed E-state index contributed by atoms with van der Waals surface area (Å²) in [6.45, 7) is -8.83. The molecule has 24 heteroatoms. The van der Waals surface area contributed by atoms with Gasteiger partial charge in [-0.15, -0.1) is 0 Å². The predicted octanol–water partition coefficient (Wildman–Crippen LogP) is 14.3. The summed E-state index contributed by atoms with van der Waals surface area (Å²) in [6, 6.07) is 2.11. The van der Waals surface area contributed by atoms with Crippen molar-refractivity contribution in [3.05, 3.63) is 93.0 Å². The zero-order valence-corrected chi connectivity index (χ0v) is 71.5. The van der Waals surface area contributed by atoms with E-state index >= 15 is 0 Å². The van der Waals surface area contributed by atoms with Crippen molar-refractivity contribution >= 4 is 23.9 Å². The molecular weight excluding hydrogens is 1520 g/mol. The van der Waals surface area contributed by atoms with Crippen LogP contribution in [-0.2, 0) is 63.6 Å². The SMILES string of the molecule is [2H]C([2H])([2H])C([2H])(C)C([2H])([2H])C1CN2C(CC1OC(=O)[C@@H](N)C(C)C)c1cc(OC)c(OC)cc1C([2H])([2H])C2([2H])[2H].[2H]C([2H])([2H])C([2H])(C)C([2H])([2H])C1CN2C(CC1OC(=O)[C@@H](N)C(C)C)c1cc(OC)c(OC)cc1C([2H])([2H])C2([2H])[2H].[2H]C([2H])([2H])Oc1cc2c(cc1OC)C1CC(OC(=O)[C@@H](N)C(C)C)C(C([2H])([2H])C([2H])(C)C([2H])([2H])[2H])CN1C([2H])([2H])C2([2H])[2H].[2H]C([2H])([2H])Oc1cc2c(cc1OC)C1CC(OC(=O)[C@@H](N)C(C)C)C(C([2H])([2H])C([2H])(C)C([2H])([2H])[2H])CN1C([2H])([2H])C2([2H])[2H]. The van der Waals surface area contributed by atoms with Gasteiger partial charge >= 0.3 is 23.9 Å². The summed E-state index contributed by atoms with van der Waals surface area (Å²) in [6.07, 6.45) is -28.9. The summed E-state index contributed by atoms with van der Waals surface area (Å²) >= 11 is 0. The molecule has 8 N–H and O–H groups in total. The summed E-state index contributed by atoms with van der Waals surface area (Å²) in [5.41, 5.74) is 24.4. The second kappa shape index (κ2) is 43.9. The molecule has 4 aromatic carbocycles. The lowest BCUT2D eigenvalue weighted by Crippen LogP contribution is -2.51. The number of nitrogens with two attached hydrogens (primary N) is 4. The van der Waals surface area contributed by atoms with Crippen molar-refractivity contribution in [2.24, 2.45) is 93.9 Å². The molecule has 0 spiro atoms. The molecule has 12 rings (SSSR count). The number of piperidine rings is 4. The average Bonchev–Trinajstić information content (AvgIpc) is 0.704. The molecule has 0 aliphatic carbocycles. The summed E-state index contributed by atoms with van der Waals surface area (Å²) in [5, 5.41) is 0. The highest BCUT2D eigenvalue weighted by Crippen LogP contribution is 2.50. The molecule has 0 bridgehead atoms. The third-order valence-corrected chi connectivity index (χ3v) is 22.1. The van der Waals surface area contributed by atoms with Crippen molar-refractivity contribution in [3.8, 4) is 46.0 Å². The molecule has 8 aliphatic heterocycles. The Hall–Kier alpha value is -7.16. The first-order valence-electron chi connectivity index (χ1n) is 62.9. The number of nitrogens with zero attached hydrogens (tertiary/aromatic N) is 4. The number of hydrogen-bond acceptors (Lipinski definition) is 24. The van der Waals surface area contributed by atoms with E-state index in [-0.39, 0.29) is 129 Å². The molecule has 672 valence electrons. The average molecular weight is 1720 g/mol. The topological polar surface area (TPSA) is 296 Å². The van der Waals surface area contributed by atoms with Gasteiger partial charge in [0.1, 0.15) is 48.6 Å². The van der Waals surface area contributed by atoms with Gasteiger partial charge < -0.3 is 79.8 Å². The van der Waals surface area contributed by atoms with Gasteiger partial charge in [0.25, 0.3) is 0 Å². The number of fused-ring (bicyclic) bond motifs is 12. The molecule has 120 heavy (non-hydrogen) atoms. The van der Waals surface area contributed by atoms with Crippen molar-refractivity contribution < 1.29 is 139 Å². The van der Waals surface area contributed by atoms with E-state index in [1.807, 2.05) is 0 Å². The van der Waals surface area contributed by atoms with Crippen LogP contribution in [-0.4, -0.2) is 201 Å². The molecule has 8 aliphatic rings. The van der Waals surface area contributed by atoms with E-state index in [4.69, 9.17) is 143 Å². The third kappa shape index (κ3) is 23.8. The molecule has 4 fully saturated rings. The lowest BCUT2D eigenvalue weighted by molar-refractivity contribution is -0.161. The molecule has 4 saturated heterocycles. The number of rotatable bonds is 28. The van der Waals surface area contributed by atoms with Gasteiger partial charge in [-0.2, -0.15) is 0 Å². The predicted molar refractivity (Wildman–Crippen MR) is 471 cm³/mol.